The third-order valence-electron chi connectivity index (χ3n) is 2.96. The predicted octanol–water partition coefficient (Wildman–Crippen LogP) is 1.88. The Labute approximate surface area is 126 Å². The molecule has 19 heavy (non-hydrogen) atoms. The summed E-state index contributed by atoms with van der Waals surface area (Å²) in [7, 11) is 0. The maximum Gasteiger partial charge on any atom is 0.254 e. The van der Waals surface area contributed by atoms with Gasteiger partial charge in [0.25, 0.3) is 5.91 Å². The second-order valence-electron chi connectivity index (χ2n) is 4.53. The van der Waals surface area contributed by atoms with Crippen molar-refractivity contribution in [1.82, 2.24) is 4.90 Å². The van der Waals surface area contributed by atoms with Gasteiger partial charge in [0.15, 0.2) is 0 Å². The molecule has 0 aromatic heterocycles. The summed E-state index contributed by atoms with van der Waals surface area (Å²) < 4.78 is 6.33. The quantitative estimate of drug-likeness (QED) is 0.834. The molecule has 2 N–H and O–H groups in total. The van der Waals surface area contributed by atoms with Crippen molar-refractivity contribution in [3.8, 4) is 0 Å². The molecule has 0 bridgehead atoms. The van der Waals surface area contributed by atoms with Crippen LogP contribution in [0.15, 0.2) is 22.7 Å². The van der Waals surface area contributed by atoms with Gasteiger partial charge in [0.2, 0.25) is 0 Å². The lowest BCUT2D eigenvalue weighted by molar-refractivity contribution is 0.00878. The molecule has 1 fully saturated rings. The first-order chi connectivity index (χ1) is 8.97. The van der Waals surface area contributed by atoms with Crippen LogP contribution in [0.1, 0.15) is 15.9 Å². The molecule has 102 valence electrons. The molecule has 0 spiro atoms. The first kappa shape index (κ1) is 14.4. The number of carbonyl (C=O) groups is 1. The van der Waals surface area contributed by atoms with Gasteiger partial charge in [0.05, 0.1) is 13.2 Å². The van der Waals surface area contributed by atoms with Crippen LogP contribution in [0.2, 0.25) is 0 Å². The average molecular weight is 343 g/mol. The number of benzene rings is 1. The second kappa shape index (κ2) is 5.98. The molecule has 1 saturated heterocycles. The van der Waals surface area contributed by atoms with Crippen LogP contribution in [-0.2, 0) is 4.74 Å². The summed E-state index contributed by atoms with van der Waals surface area (Å²) in [5.74, 6) is -0.0195. The minimum absolute atomic E-state index is 0.0195. The van der Waals surface area contributed by atoms with Gasteiger partial charge in [0, 0.05) is 16.6 Å². The Bertz CT molecular complexity index is 501. The third-order valence-corrected chi connectivity index (χ3v) is 3.68. The minimum Gasteiger partial charge on any atom is -0.391 e. The van der Waals surface area contributed by atoms with Gasteiger partial charge in [-0.3, -0.25) is 4.79 Å². The number of hydrogen-bond acceptors (Lipinski definition) is 3. The Kier molecular flexibility index (Phi) is 4.54. The van der Waals surface area contributed by atoms with Crippen LogP contribution >= 0.6 is 28.1 Å². The van der Waals surface area contributed by atoms with E-state index < -0.39 is 0 Å². The molecule has 1 aliphatic heterocycles. The molecular formula is C13H15BrN2O2S. The topological polar surface area (TPSA) is 55.6 Å². The summed E-state index contributed by atoms with van der Waals surface area (Å²) in [5.41, 5.74) is 7.28. The molecular weight excluding hydrogens is 328 g/mol. The smallest absolute Gasteiger partial charge is 0.254 e. The molecule has 4 nitrogen and oxygen atoms in total. The first-order valence-corrected chi connectivity index (χ1v) is 7.15. The largest absolute Gasteiger partial charge is 0.391 e. The Balaban J connectivity index is 2.16. The number of aryl methyl sites for hydroxylation is 1. The average Bonchev–Trinajstić information content (AvgIpc) is 2.37. The lowest BCUT2D eigenvalue weighted by Gasteiger charge is -2.32. The zero-order chi connectivity index (χ0) is 14.0. The van der Waals surface area contributed by atoms with Crippen molar-refractivity contribution in [2.45, 2.75) is 13.0 Å². The molecule has 0 aliphatic carbocycles. The van der Waals surface area contributed by atoms with Gasteiger partial charge in [-0.1, -0.05) is 28.1 Å². The van der Waals surface area contributed by atoms with Crippen molar-refractivity contribution in [2.75, 3.05) is 19.7 Å². The summed E-state index contributed by atoms with van der Waals surface area (Å²) in [4.78, 5) is 14.5. The molecule has 6 heteroatoms. The fourth-order valence-electron chi connectivity index (χ4n) is 2.05. The Hall–Kier alpha value is -0.980. The standard InChI is InChI=1S/C13H15BrN2O2S/c1-8-4-9(6-10(14)5-8)13(17)16-2-3-18-11(7-16)12(15)19/h4-6,11H,2-3,7H2,1H3,(H2,15,19). The number of thiocarbonyl (C=S) groups is 1. The molecule has 0 radical (unpaired) electrons. The van der Waals surface area contributed by atoms with Crippen LogP contribution in [0.25, 0.3) is 0 Å². The van der Waals surface area contributed by atoms with Gasteiger partial charge in [-0.15, -0.1) is 0 Å². The van der Waals surface area contributed by atoms with Crippen LogP contribution < -0.4 is 5.73 Å². The van der Waals surface area contributed by atoms with Crippen molar-refractivity contribution in [3.63, 3.8) is 0 Å². The molecule has 1 aliphatic rings. The first-order valence-electron chi connectivity index (χ1n) is 5.95. The van der Waals surface area contributed by atoms with Gasteiger partial charge in [-0.25, -0.2) is 0 Å². The summed E-state index contributed by atoms with van der Waals surface area (Å²) >= 11 is 8.32. The van der Waals surface area contributed by atoms with Gasteiger partial charge in [-0.05, 0) is 30.7 Å². The summed E-state index contributed by atoms with van der Waals surface area (Å²) in [6.45, 7) is 3.39. The van der Waals surface area contributed by atoms with E-state index in [1.54, 1.807) is 4.90 Å². The summed E-state index contributed by atoms with van der Waals surface area (Å²) in [6, 6.07) is 5.66. The van der Waals surface area contributed by atoms with E-state index in [4.69, 9.17) is 22.7 Å². The van der Waals surface area contributed by atoms with Gasteiger partial charge in [-0.2, -0.15) is 0 Å². The highest BCUT2D eigenvalue weighted by molar-refractivity contribution is 9.10. The highest BCUT2D eigenvalue weighted by Crippen LogP contribution is 2.18. The van der Waals surface area contributed by atoms with Crippen molar-refractivity contribution in [2.24, 2.45) is 5.73 Å². The normalized spacial score (nSPS) is 19.3. The van der Waals surface area contributed by atoms with E-state index in [0.29, 0.717) is 30.2 Å². The van der Waals surface area contributed by atoms with Crippen molar-refractivity contribution < 1.29 is 9.53 Å². The number of morpholine rings is 1. The minimum atomic E-state index is -0.346. The van der Waals surface area contributed by atoms with Crippen LogP contribution in [0.5, 0.6) is 0 Å². The number of carbonyl (C=O) groups excluding carboxylic acids is 1. The highest BCUT2D eigenvalue weighted by atomic mass is 79.9. The van der Waals surface area contributed by atoms with Crippen molar-refractivity contribution >= 4 is 39.0 Å². The van der Waals surface area contributed by atoms with E-state index in [9.17, 15) is 4.79 Å². The maximum atomic E-state index is 12.4. The lowest BCUT2D eigenvalue weighted by Crippen LogP contribution is -2.49. The second-order valence-corrected chi connectivity index (χ2v) is 5.92. The Morgan fingerprint density at radius 1 is 1.53 bits per heavy atom. The Morgan fingerprint density at radius 2 is 2.26 bits per heavy atom. The SMILES string of the molecule is Cc1cc(Br)cc(C(=O)N2CCOC(C(N)=S)C2)c1. The maximum absolute atomic E-state index is 12.4. The fourth-order valence-corrected chi connectivity index (χ4v) is 2.80. The number of nitrogens with zero attached hydrogens (tertiary/aromatic N) is 1. The molecule has 1 aromatic rings. The molecule has 1 atom stereocenters. The number of halogens is 1. The van der Waals surface area contributed by atoms with Gasteiger partial charge in [0.1, 0.15) is 11.1 Å². The number of hydrogen-bond donors (Lipinski definition) is 1. The van der Waals surface area contributed by atoms with Crippen molar-refractivity contribution in [1.29, 1.82) is 0 Å². The third kappa shape index (κ3) is 3.52. The van der Waals surface area contributed by atoms with E-state index in [-0.39, 0.29) is 12.0 Å². The number of rotatable bonds is 2. The molecule has 1 aromatic carbocycles. The molecule has 1 heterocycles. The van der Waals surface area contributed by atoms with Crippen LogP contribution in [0.4, 0.5) is 0 Å². The van der Waals surface area contributed by atoms with E-state index in [2.05, 4.69) is 15.9 Å². The highest BCUT2D eigenvalue weighted by Gasteiger charge is 2.26. The van der Waals surface area contributed by atoms with E-state index in [1.807, 2.05) is 25.1 Å². The predicted molar refractivity (Wildman–Crippen MR) is 81.3 cm³/mol. The van der Waals surface area contributed by atoms with Gasteiger partial charge >= 0.3 is 0 Å². The molecule has 1 unspecified atom stereocenters. The van der Waals surface area contributed by atoms with E-state index in [0.717, 1.165) is 10.0 Å². The van der Waals surface area contributed by atoms with Crippen molar-refractivity contribution in [3.05, 3.63) is 33.8 Å². The summed E-state index contributed by atoms with van der Waals surface area (Å²) in [6.07, 6.45) is -0.346. The van der Waals surface area contributed by atoms with Crippen LogP contribution in [-0.4, -0.2) is 41.6 Å². The number of amides is 1. The number of ether oxygens (including phenoxy) is 1. The zero-order valence-electron chi connectivity index (χ0n) is 10.6. The van der Waals surface area contributed by atoms with E-state index in [1.165, 1.54) is 0 Å². The number of nitrogens with two attached hydrogens (primary N) is 1. The lowest BCUT2D eigenvalue weighted by atomic mass is 10.1. The summed E-state index contributed by atoms with van der Waals surface area (Å²) in [5, 5.41) is 0. The van der Waals surface area contributed by atoms with E-state index >= 15 is 0 Å². The van der Waals surface area contributed by atoms with Crippen LogP contribution in [0, 0.1) is 6.92 Å². The Morgan fingerprint density at radius 3 is 2.89 bits per heavy atom. The molecule has 0 saturated carbocycles. The van der Waals surface area contributed by atoms with Gasteiger partial charge < -0.3 is 15.4 Å². The molecule has 2 rings (SSSR count). The monoisotopic (exact) mass is 342 g/mol. The zero-order valence-corrected chi connectivity index (χ0v) is 13.0. The fraction of sp³-hybridized carbons (Fsp3) is 0.385. The molecule has 1 amide bonds. The van der Waals surface area contributed by atoms with Crippen LogP contribution in [0.3, 0.4) is 0 Å².